The van der Waals surface area contributed by atoms with Crippen LogP contribution in [-0.2, 0) is 10.2 Å². The molecule has 0 aromatic heterocycles. The fourth-order valence-corrected chi connectivity index (χ4v) is 3.89. The van der Waals surface area contributed by atoms with Crippen molar-refractivity contribution in [1.82, 2.24) is 9.62 Å². The molecule has 0 aliphatic carbocycles. The number of piperidine rings is 1. The Morgan fingerprint density at radius 1 is 1.29 bits per heavy atom. The summed E-state index contributed by atoms with van der Waals surface area (Å²) in [6.07, 6.45) is 1.67. The first-order valence-corrected chi connectivity index (χ1v) is 8.54. The predicted octanol–water partition coefficient (Wildman–Crippen LogP) is 1.72. The van der Waals surface area contributed by atoms with E-state index in [1.54, 1.807) is 13.0 Å². The summed E-state index contributed by atoms with van der Waals surface area (Å²) in [5.41, 5.74) is 0.949. The first-order valence-electron chi connectivity index (χ1n) is 7.10. The minimum atomic E-state index is -3.61. The molecule has 5 nitrogen and oxygen atoms in total. The topological polar surface area (TPSA) is 61.4 Å². The molecular formula is C14H22FN3O2S. The third-order valence-electron chi connectivity index (χ3n) is 3.70. The molecule has 0 amide bonds. The monoisotopic (exact) mass is 315 g/mol. The van der Waals surface area contributed by atoms with Gasteiger partial charge in [0.1, 0.15) is 5.82 Å². The van der Waals surface area contributed by atoms with Gasteiger partial charge in [-0.1, -0.05) is 0 Å². The van der Waals surface area contributed by atoms with Gasteiger partial charge in [-0.25, -0.2) is 4.39 Å². The van der Waals surface area contributed by atoms with Crippen molar-refractivity contribution in [2.24, 2.45) is 5.92 Å². The molecule has 0 spiro atoms. The number of hydrogen-bond acceptors (Lipinski definition) is 3. The number of anilines is 1. The van der Waals surface area contributed by atoms with E-state index in [1.807, 2.05) is 7.05 Å². The van der Waals surface area contributed by atoms with E-state index in [9.17, 15) is 12.8 Å². The van der Waals surface area contributed by atoms with Gasteiger partial charge < -0.3 is 5.32 Å². The Kier molecular flexibility index (Phi) is 5.18. The maximum atomic E-state index is 13.3. The Morgan fingerprint density at radius 2 is 1.95 bits per heavy atom. The standard InChI is InChI=1S/C14H22FN3O2S/c1-11-7-13(15)9-14(8-11)17-21(19,20)18-5-3-12(4-6-18)10-16-2/h7-9,12,16-17H,3-6,10H2,1-2H3. The molecule has 0 atom stereocenters. The average molecular weight is 315 g/mol. The maximum Gasteiger partial charge on any atom is 0.301 e. The average Bonchev–Trinajstić information content (AvgIpc) is 2.38. The largest absolute Gasteiger partial charge is 0.319 e. The minimum absolute atomic E-state index is 0.268. The SMILES string of the molecule is CNCC1CCN(S(=O)(=O)Nc2cc(C)cc(F)c2)CC1. The molecule has 2 rings (SSSR count). The summed E-state index contributed by atoms with van der Waals surface area (Å²) in [5, 5.41) is 3.12. The van der Waals surface area contributed by atoms with Crippen LogP contribution in [0.4, 0.5) is 10.1 Å². The Balaban J connectivity index is 2.02. The molecule has 118 valence electrons. The molecule has 1 fully saturated rings. The fourth-order valence-electron chi connectivity index (χ4n) is 2.65. The summed E-state index contributed by atoms with van der Waals surface area (Å²) in [4.78, 5) is 0. The first-order chi connectivity index (χ1) is 9.90. The van der Waals surface area contributed by atoms with E-state index >= 15 is 0 Å². The molecule has 2 N–H and O–H groups in total. The zero-order valence-electron chi connectivity index (χ0n) is 12.4. The van der Waals surface area contributed by atoms with Gasteiger partial charge in [0, 0.05) is 13.1 Å². The molecule has 1 aliphatic rings. The Hall–Kier alpha value is -1.18. The highest BCUT2D eigenvalue weighted by atomic mass is 32.2. The summed E-state index contributed by atoms with van der Waals surface area (Å²) in [5.74, 6) is 0.0679. The van der Waals surface area contributed by atoms with Crippen LogP contribution in [0.25, 0.3) is 0 Å². The van der Waals surface area contributed by atoms with Crippen molar-refractivity contribution < 1.29 is 12.8 Å². The van der Waals surface area contributed by atoms with Crippen molar-refractivity contribution >= 4 is 15.9 Å². The minimum Gasteiger partial charge on any atom is -0.319 e. The Morgan fingerprint density at radius 3 is 2.52 bits per heavy atom. The van der Waals surface area contributed by atoms with Crippen LogP contribution in [-0.4, -0.2) is 39.4 Å². The molecule has 0 radical (unpaired) electrons. The van der Waals surface area contributed by atoms with Gasteiger partial charge in [-0.3, -0.25) is 4.72 Å². The van der Waals surface area contributed by atoms with Crippen molar-refractivity contribution in [2.45, 2.75) is 19.8 Å². The Bertz CT molecular complexity index is 564. The van der Waals surface area contributed by atoms with E-state index in [4.69, 9.17) is 0 Å². The highest BCUT2D eigenvalue weighted by Crippen LogP contribution is 2.21. The van der Waals surface area contributed by atoms with Crippen LogP contribution in [0, 0.1) is 18.7 Å². The summed E-state index contributed by atoms with van der Waals surface area (Å²) in [7, 11) is -1.71. The lowest BCUT2D eigenvalue weighted by molar-refractivity contribution is 0.272. The molecule has 1 aromatic rings. The maximum absolute atomic E-state index is 13.3. The third kappa shape index (κ3) is 4.39. The highest BCUT2D eigenvalue weighted by molar-refractivity contribution is 7.90. The van der Waals surface area contributed by atoms with Gasteiger partial charge in [-0.2, -0.15) is 12.7 Å². The lowest BCUT2D eigenvalue weighted by Crippen LogP contribution is -2.43. The molecular weight excluding hydrogens is 293 g/mol. The second kappa shape index (κ2) is 6.72. The van der Waals surface area contributed by atoms with E-state index in [2.05, 4.69) is 10.0 Å². The molecule has 7 heteroatoms. The number of aryl methyl sites for hydroxylation is 1. The number of nitrogens with zero attached hydrogens (tertiary/aromatic N) is 1. The second-order valence-electron chi connectivity index (χ2n) is 5.52. The fraction of sp³-hybridized carbons (Fsp3) is 0.571. The summed E-state index contributed by atoms with van der Waals surface area (Å²) in [6.45, 7) is 3.63. The first kappa shape index (κ1) is 16.2. The molecule has 1 heterocycles. The smallest absolute Gasteiger partial charge is 0.301 e. The zero-order valence-corrected chi connectivity index (χ0v) is 13.2. The van der Waals surface area contributed by atoms with Crippen molar-refractivity contribution in [3.8, 4) is 0 Å². The summed E-state index contributed by atoms with van der Waals surface area (Å²) in [6, 6.07) is 4.17. The van der Waals surface area contributed by atoms with Crippen molar-refractivity contribution in [2.75, 3.05) is 31.4 Å². The normalized spacial score (nSPS) is 17.9. The number of nitrogens with one attached hydrogen (secondary N) is 2. The van der Waals surface area contributed by atoms with Crippen LogP contribution in [0.5, 0.6) is 0 Å². The molecule has 0 unspecified atom stereocenters. The van der Waals surface area contributed by atoms with E-state index in [0.29, 0.717) is 24.6 Å². The van der Waals surface area contributed by atoms with Gasteiger partial charge >= 0.3 is 10.2 Å². The molecule has 1 aliphatic heterocycles. The van der Waals surface area contributed by atoms with E-state index < -0.39 is 16.0 Å². The number of rotatable bonds is 5. The lowest BCUT2D eigenvalue weighted by Gasteiger charge is -2.31. The van der Waals surface area contributed by atoms with Crippen LogP contribution >= 0.6 is 0 Å². The van der Waals surface area contributed by atoms with Crippen LogP contribution in [0.2, 0.25) is 0 Å². The predicted molar refractivity (Wildman–Crippen MR) is 81.9 cm³/mol. The van der Waals surface area contributed by atoms with Crippen LogP contribution in [0.1, 0.15) is 18.4 Å². The van der Waals surface area contributed by atoms with Gasteiger partial charge in [0.15, 0.2) is 0 Å². The van der Waals surface area contributed by atoms with E-state index in [0.717, 1.165) is 19.4 Å². The number of halogens is 1. The van der Waals surface area contributed by atoms with Gasteiger partial charge in [0.2, 0.25) is 0 Å². The van der Waals surface area contributed by atoms with Gasteiger partial charge in [0.25, 0.3) is 0 Å². The second-order valence-corrected chi connectivity index (χ2v) is 7.20. The quantitative estimate of drug-likeness (QED) is 0.870. The summed E-state index contributed by atoms with van der Waals surface area (Å²) >= 11 is 0. The summed E-state index contributed by atoms with van der Waals surface area (Å²) < 4.78 is 41.9. The number of hydrogen-bond donors (Lipinski definition) is 2. The molecule has 1 aromatic carbocycles. The van der Waals surface area contributed by atoms with Crippen LogP contribution in [0.3, 0.4) is 0 Å². The zero-order chi connectivity index (χ0) is 15.5. The molecule has 0 bridgehead atoms. The van der Waals surface area contributed by atoms with E-state index in [-0.39, 0.29) is 5.69 Å². The van der Waals surface area contributed by atoms with Gasteiger partial charge in [-0.15, -0.1) is 0 Å². The van der Waals surface area contributed by atoms with Gasteiger partial charge in [-0.05, 0) is 63.0 Å². The van der Waals surface area contributed by atoms with E-state index in [1.165, 1.54) is 16.4 Å². The van der Waals surface area contributed by atoms with Crippen LogP contribution < -0.4 is 10.0 Å². The van der Waals surface area contributed by atoms with Crippen LogP contribution in [0.15, 0.2) is 18.2 Å². The highest BCUT2D eigenvalue weighted by Gasteiger charge is 2.27. The molecule has 0 saturated carbocycles. The van der Waals surface area contributed by atoms with Crippen molar-refractivity contribution in [1.29, 1.82) is 0 Å². The third-order valence-corrected chi connectivity index (χ3v) is 5.23. The Labute approximate surface area is 125 Å². The number of benzene rings is 1. The lowest BCUT2D eigenvalue weighted by atomic mass is 9.98. The molecule has 1 saturated heterocycles. The van der Waals surface area contributed by atoms with Crippen molar-refractivity contribution in [3.63, 3.8) is 0 Å². The molecule has 21 heavy (non-hydrogen) atoms. The van der Waals surface area contributed by atoms with Gasteiger partial charge in [0.05, 0.1) is 5.69 Å². The van der Waals surface area contributed by atoms with Crippen molar-refractivity contribution in [3.05, 3.63) is 29.6 Å².